The maximum atomic E-state index is 11.1. The van der Waals surface area contributed by atoms with Gasteiger partial charge < -0.3 is 5.11 Å². The third-order valence-electron chi connectivity index (χ3n) is 5.13. The van der Waals surface area contributed by atoms with Crippen molar-refractivity contribution >= 4 is 5.97 Å². The minimum absolute atomic E-state index is 0.348. The standard InChI is InChI=1S/C16H30N2O2/c1-12-9-14(11-16(3,4)10-12)18-7-5-17(6-8-18)13(2)15(19)20/h12-14H,5-11H2,1-4H3,(H,19,20). The summed E-state index contributed by atoms with van der Waals surface area (Å²) in [5.74, 6) is 0.102. The van der Waals surface area contributed by atoms with Gasteiger partial charge in [-0.25, -0.2) is 0 Å². The molecule has 2 aliphatic rings. The lowest BCUT2D eigenvalue weighted by atomic mass is 9.70. The summed E-state index contributed by atoms with van der Waals surface area (Å²) in [4.78, 5) is 15.7. The van der Waals surface area contributed by atoms with E-state index in [1.165, 1.54) is 19.3 Å². The van der Waals surface area contributed by atoms with Gasteiger partial charge in [-0.2, -0.15) is 0 Å². The van der Waals surface area contributed by atoms with Crippen molar-refractivity contribution in [1.82, 2.24) is 9.80 Å². The zero-order valence-corrected chi connectivity index (χ0v) is 13.4. The molecule has 1 saturated heterocycles. The van der Waals surface area contributed by atoms with E-state index in [2.05, 4.69) is 30.6 Å². The van der Waals surface area contributed by atoms with E-state index in [0.29, 0.717) is 11.5 Å². The Balaban J connectivity index is 1.89. The number of nitrogens with zero attached hydrogens (tertiary/aromatic N) is 2. The van der Waals surface area contributed by atoms with E-state index >= 15 is 0 Å². The molecule has 20 heavy (non-hydrogen) atoms. The van der Waals surface area contributed by atoms with Crippen LogP contribution in [0.4, 0.5) is 0 Å². The van der Waals surface area contributed by atoms with Gasteiger partial charge >= 0.3 is 5.97 Å². The van der Waals surface area contributed by atoms with Crippen LogP contribution in [0.2, 0.25) is 0 Å². The van der Waals surface area contributed by atoms with Crippen LogP contribution >= 0.6 is 0 Å². The largest absolute Gasteiger partial charge is 0.480 e. The zero-order chi connectivity index (χ0) is 14.9. The van der Waals surface area contributed by atoms with Crippen molar-refractivity contribution in [2.24, 2.45) is 11.3 Å². The van der Waals surface area contributed by atoms with Crippen molar-refractivity contribution in [1.29, 1.82) is 0 Å². The molecule has 1 heterocycles. The first-order valence-electron chi connectivity index (χ1n) is 7.99. The zero-order valence-electron chi connectivity index (χ0n) is 13.4. The highest BCUT2D eigenvalue weighted by atomic mass is 16.4. The van der Waals surface area contributed by atoms with Crippen LogP contribution in [0.25, 0.3) is 0 Å². The summed E-state index contributed by atoms with van der Waals surface area (Å²) in [6, 6.07) is 0.343. The molecule has 0 spiro atoms. The van der Waals surface area contributed by atoms with E-state index in [1.54, 1.807) is 6.92 Å². The molecule has 0 bridgehead atoms. The molecule has 4 nitrogen and oxygen atoms in total. The molecular weight excluding hydrogens is 252 g/mol. The van der Waals surface area contributed by atoms with Crippen LogP contribution in [0.5, 0.6) is 0 Å². The maximum absolute atomic E-state index is 11.1. The number of carbonyl (C=O) groups is 1. The summed E-state index contributed by atoms with van der Waals surface area (Å²) in [6.07, 6.45) is 3.92. The van der Waals surface area contributed by atoms with Gasteiger partial charge in [0.1, 0.15) is 6.04 Å². The predicted molar refractivity (Wildman–Crippen MR) is 80.8 cm³/mol. The molecule has 4 heteroatoms. The fraction of sp³-hybridized carbons (Fsp3) is 0.938. The summed E-state index contributed by atoms with van der Waals surface area (Å²) < 4.78 is 0. The van der Waals surface area contributed by atoms with Crippen LogP contribution in [0.1, 0.15) is 47.0 Å². The Kier molecular flexibility index (Phi) is 4.75. The number of rotatable bonds is 3. The Labute approximate surface area is 123 Å². The second-order valence-corrected chi connectivity index (χ2v) is 7.65. The molecule has 116 valence electrons. The Bertz CT molecular complexity index is 348. The minimum atomic E-state index is -0.703. The molecule has 0 radical (unpaired) electrons. The van der Waals surface area contributed by atoms with Crippen LogP contribution in [0.15, 0.2) is 0 Å². The molecule has 1 N–H and O–H groups in total. The van der Waals surface area contributed by atoms with E-state index in [9.17, 15) is 4.79 Å². The molecule has 0 aromatic rings. The Morgan fingerprint density at radius 2 is 1.80 bits per heavy atom. The van der Waals surface area contributed by atoms with Crippen molar-refractivity contribution < 1.29 is 9.90 Å². The number of carboxylic acid groups (broad SMARTS) is 1. The van der Waals surface area contributed by atoms with Crippen molar-refractivity contribution in [2.45, 2.75) is 59.0 Å². The first-order chi connectivity index (χ1) is 9.28. The minimum Gasteiger partial charge on any atom is -0.480 e. The lowest BCUT2D eigenvalue weighted by Crippen LogP contribution is -2.55. The van der Waals surface area contributed by atoms with Gasteiger partial charge in [-0.05, 0) is 37.5 Å². The molecular formula is C16H30N2O2. The first kappa shape index (κ1) is 15.8. The number of hydrogen-bond acceptors (Lipinski definition) is 3. The topological polar surface area (TPSA) is 43.8 Å². The second-order valence-electron chi connectivity index (χ2n) is 7.65. The predicted octanol–water partition coefficient (Wildman–Crippen LogP) is 2.29. The summed E-state index contributed by atoms with van der Waals surface area (Å²) >= 11 is 0. The van der Waals surface area contributed by atoms with Crippen molar-refractivity contribution in [3.8, 4) is 0 Å². The molecule has 1 aliphatic heterocycles. The van der Waals surface area contributed by atoms with E-state index in [0.717, 1.165) is 32.1 Å². The number of aliphatic carboxylic acids is 1. The van der Waals surface area contributed by atoms with Crippen LogP contribution in [-0.4, -0.2) is 59.1 Å². The van der Waals surface area contributed by atoms with Gasteiger partial charge in [0.2, 0.25) is 0 Å². The van der Waals surface area contributed by atoms with E-state index < -0.39 is 5.97 Å². The normalized spacial score (nSPS) is 33.8. The maximum Gasteiger partial charge on any atom is 0.320 e. The van der Waals surface area contributed by atoms with Crippen molar-refractivity contribution in [3.05, 3.63) is 0 Å². The summed E-state index contributed by atoms with van der Waals surface area (Å²) in [6.45, 7) is 12.8. The Morgan fingerprint density at radius 1 is 1.20 bits per heavy atom. The summed E-state index contributed by atoms with van der Waals surface area (Å²) in [7, 11) is 0. The lowest BCUT2D eigenvalue weighted by Gasteiger charge is -2.47. The molecule has 3 unspecified atom stereocenters. The van der Waals surface area contributed by atoms with Crippen LogP contribution in [-0.2, 0) is 4.79 Å². The summed E-state index contributed by atoms with van der Waals surface area (Å²) in [5, 5.41) is 9.10. The average Bonchev–Trinajstić information content (AvgIpc) is 2.35. The highest BCUT2D eigenvalue weighted by Gasteiger charge is 2.36. The molecule has 1 saturated carbocycles. The van der Waals surface area contributed by atoms with E-state index in [-0.39, 0.29) is 6.04 Å². The molecule has 3 atom stereocenters. The van der Waals surface area contributed by atoms with Crippen LogP contribution < -0.4 is 0 Å². The number of hydrogen-bond donors (Lipinski definition) is 1. The molecule has 0 aromatic carbocycles. The van der Waals surface area contributed by atoms with E-state index in [1.807, 2.05) is 0 Å². The van der Waals surface area contributed by atoms with Gasteiger partial charge in [0.25, 0.3) is 0 Å². The smallest absolute Gasteiger partial charge is 0.320 e. The van der Waals surface area contributed by atoms with Crippen LogP contribution in [0.3, 0.4) is 0 Å². The first-order valence-corrected chi connectivity index (χ1v) is 7.99. The Morgan fingerprint density at radius 3 is 2.30 bits per heavy atom. The highest BCUT2D eigenvalue weighted by molar-refractivity contribution is 5.72. The third kappa shape index (κ3) is 3.73. The van der Waals surface area contributed by atoms with Gasteiger partial charge in [-0.15, -0.1) is 0 Å². The lowest BCUT2D eigenvalue weighted by molar-refractivity contribution is -0.143. The van der Waals surface area contributed by atoms with Crippen molar-refractivity contribution in [2.75, 3.05) is 26.2 Å². The molecule has 1 aliphatic carbocycles. The monoisotopic (exact) mass is 282 g/mol. The van der Waals surface area contributed by atoms with Crippen LogP contribution in [0, 0.1) is 11.3 Å². The number of piperazine rings is 1. The van der Waals surface area contributed by atoms with Gasteiger partial charge in [0, 0.05) is 32.2 Å². The van der Waals surface area contributed by atoms with Gasteiger partial charge in [-0.3, -0.25) is 14.6 Å². The fourth-order valence-electron chi connectivity index (χ4n) is 4.22. The molecule has 2 fully saturated rings. The Hall–Kier alpha value is -0.610. The number of carboxylic acids is 1. The summed E-state index contributed by atoms with van der Waals surface area (Å²) in [5.41, 5.74) is 0.452. The average molecular weight is 282 g/mol. The fourth-order valence-corrected chi connectivity index (χ4v) is 4.22. The van der Waals surface area contributed by atoms with Gasteiger partial charge in [0.15, 0.2) is 0 Å². The highest BCUT2D eigenvalue weighted by Crippen LogP contribution is 2.40. The quantitative estimate of drug-likeness (QED) is 0.862. The molecule has 2 rings (SSSR count). The van der Waals surface area contributed by atoms with Crippen molar-refractivity contribution in [3.63, 3.8) is 0 Å². The van der Waals surface area contributed by atoms with Gasteiger partial charge in [0.05, 0.1) is 0 Å². The second kappa shape index (κ2) is 6.02. The third-order valence-corrected chi connectivity index (χ3v) is 5.13. The SMILES string of the molecule is CC1CC(N2CCN(C(C)C(=O)O)CC2)CC(C)(C)C1. The van der Waals surface area contributed by atoms with Gasteiger partial charge in [-0.1, -0.05) is 20.8 Å². The molecule has 0 amide bonds. The molecule has 0 aromatic heterocycles. The van der Waals surface area contributed by atoms with E-state index in [4.69, 9.17) is 5.11 Å².